The Hall–Kier alpha value is -1.72. The lowest BCUT2D eigenvalue weighted by Gasteiger charge is -2.35. The SMILES string of the molecule is O=C(CCC(=O)N1CCN(C[C@@H]2CCCO2)CC1)c1ccc2c(c1)CCCC2. The number of nitrogens with zero attached hydrogens (tertiary/aromatic N) is 2. The molecule has 2 fully saturated rings. The van der Waals surface area contributed by atoms with Crippen LogP contribution in [0.15, 0.2) is 18.2 Å². The van der Waals surface area contributed by atoms with E-state index in [2.05, 4.69) is 17.0 Å². The van der Waals surface area contributed by atoms with Crippen molar-refractivity contribution in [2.24, 2.45) is 0 Å². The summed E-state index contributed by atoms with van der Waals surface area (Å²) >= 11 is 0. The second-order valence-corrected chi connectivity index (χ2v) is 8.43. The number of hydrogen-bond acceptors (Lipinski definition) is 4. The lowest BCUT2D eigenvalue weighted by Crippen LogP contribution is -2.50. The minimum Gasteiger partial charge on any atom is -0.377 e. The quantitative estimate of drug-likeness (QED) is 0.708. The van der Waals surface area contributed by atoms with Crippen LogP contribution >= 0.6 is 0 Å². The summed E-state index contributed by atoms with van der Waals surface area (Å²) in [5, 5.41) is 0. The predicted molar refractivity (Wildman–Crippen MR) is 109 cm³/mol. The predicted octanol–water partition coefficient (Wildman–Crippen LogP) is 2.85. The van der Waals surface area contributed by atoms with Gasteiger partial charge in [-0.25, -0.2) is 0 Å². The first-order valence-corrected chi connectivity index (χ1v) is 11.0. The first kappa shape index (κ1) is 19.6. The Morgan fingerprint density at radius 2 is 1.75 bits per heavy atom. The van der Waals surface area contributed by atoms with Crippen LogP contribution < -0.4 is 0 Å². The fourth-order valence-corrected chi connectivity index (χ4v) is 4.69. The van der Waals surface area contributed by atoms with Crippen molar-refractivity contribution in [2.75, 3.05) is 39.3 Å². The van der Waals surface area contributed by atoms with Crippen LogP contribution in [0, 0.1) is 0 Å². The molecule has 1 aromatic carbocycles. The van der Waals surface area contributed by atoms with Gasteiger partial charge in [-0.3, -0.25) is 14.5 Å². The van der Waals surface area contributed by atoms with Crippen LogP contribution in [0.5, 0.6) is 0 Å². The lowest BCUT2D eigenvalue weighted by atomic mass is 9.89. The molecule has 4 rings (SSSR count). The molecule has 0 saturated carbocycles. The van der Waals surface area contributed by atoms with Gasteiger partial charge in [-0.05, 0) is 55.7 Å². The summed E-state index contributed by atoms with van der Waals surface area (Å²) in [7, 11) is 0. The fraction of sp³-hybridized carbons (Fsp3) is 0.652. The van der Waals surface area contributed by atoms with Gasteiger partial charge < -0.3 is 9.64 Å². The third kappa shape index (κ3) is 4.81. The lowest BCUT2D eigenvalue weighted by molar-refractivity contribution is -0.133. The summed E-state index contributed by atoms with van der Waals surface area (Å²) in [6, 6.07) is 6.11. The smallest absolute Gasteiger partial charge is 0.223 e. The summed E-state index contributed by atoms with van der Waals surface area (Å²) < 4.78 is 5.71. The van der Waals surface area contributed by atoms with Gasteiger partial charge in [0, 0.05) is 57.7 Å². The molecule has 0 aromatic heterocycles. The van der Waals surface area contributed by atoms with Crippen molar-refractivity contribution >= 4 is 11.7 Å². The number of piperazine rings is 1. The molecule has 152 valence electrons. The van der Waals surface area contributed by atoms with Crippen LogP contribution in [0.25, 0.3) is 0 Å². The highest BCUT2D eigenvalue weighted by Crippen LogP contribution is 2.23. The van der Waals surface area contributed by atoms with Crippen LogP contribution in [0.3, 0.4) is 0 Å². The molecule has 0 unspecified atom stereocenters. The standard InChI is InChI=1S/C23H32N2O3/c26-22(20-8-7-18-4-1-2-5-19(18)16-20)9-10-23(27)25-13-11-24(12-14-25)17-21-6-3-15-28-21/h7-8,16,21H,1-6,9-15,17H2/t21-/m0/s1. The molecule has 0 spiro atoms. The van der Waals surface area contributed by atoms with E-state index >= 15 is 0 Å². The third-order valence-corrected chi connectivity index (χ3v) is 6.45. The van der Waals surface area contributed by atoms with E-state index in [1.807, 2.05) is 11.0 Å². The van der Waals surface area contributed by atoms with E-state index in [1.54, 1.807) is 0 Å². The number of hydrogen-bond donors (Lipinski definition) is 0. The van der Waals surface area contributed by atoms with Gasteiger partial charge in [-0.15, -0.1) is 0 Å². The largest absolute Gasteiger partial charge is 0.377 e. The maximum atomic E-state index is 12.6. The molecule has 0 bridgehead atoms. The van der Waals surface area contributed by atoms with Crippen LogP contribution in [-0.2, 0) is 22.4 Å². The minimum absolute atomic E-state index is 0.0961. The molecule has 2 heterocycles. The minimum atomic E-state index is 0.0961. The van der Waals surface area contributed by atoms with Gasteiger partial charge >= 0.3 is 0 Å². The molecule has 2 saturated heterocycles. The van der Waals surface area contributed by atoms with Crippen LogP contribution in [0.1, 0.15) is 60.0 Å². The van der Waals surface area contributed by atoms with Gasteiger partial charge in [-0.2, -0.15) is 0 Å². The van der Waals surface area contributed by atoms with E-state index < -0.39 is 0 Å². The molecular weight excluding hydrogens is 352 g/mol. The second-order valence-electron chi connectivity index (χ2n) is 8.43. The van der Waals surface area contributed by atoms with Gasteiger partial charge in [0.25, 0.3) is 0 Å². The summed E-state index contributed by atoms with van der Waals surface area (Å²) in [6.07, 6.45) is 7.99. The highest BCUT2D eigenvalue weighted by molar-refractivity contribution is 5.98. The maximum Gasteiger partial charge on any atom is 0.223 e. The first-order chi connectivity index (χ1) is 13.7. The zero-order chi connectivity index (χ0) is 19.3. The number of ketones is 1. The number of benzene rings is 1. The molecule has 1 atom stereocenters. The number of fused-ring (bicyclic) bond motifs is 1. The first-order valence-electron chi connectivity index (χ1n) is 11.0. The number of amides is 1. The Balaban J connectivity index is 1.21. The number of rotatable bonds is 6. The molecule has 28 heavy (non-hydrogen) atoms. The Morgan fingerprint density at radius 3 is 2.50 bits per heavy atom. The Labute approximate surface area is 168 Å². The maximum absolute atomic E-state index is 12.6. The van der Waals surface area contributed by atoms with E-state index in [0.29, 0.717) is 18.9 Å². The van der Waals surface area contributed by atoms with E-state index in [9.17, 15) is 9.59 Å². The molecule has 5 nitrogen and oxygen atoms in total. The monoisotopic (exact) mass is 384 g/mol. The van der Waals surface area contributed by atoms with E-state index in [0.717, 1.165) is 64.2 Å². The van der Waals surface area contributed by atoms with Gasteiger partial charge in [0.1, 0.15) is 0 Å². The van der Waals surface area contributed by atoms with Gasteiger partial charge in [0.15, 0.2) is 5.78 Å². The van der Waals surface area contributed by atoms with Crippen molar-refractivity contribution in [3.8, 4) is 0 Å². The van der Waals surface area contributed by atoms with Crippen LogP contribution in [-0.4, -0.2) is 66.9 Å². The number of carbonyl (C=O) groups is 2. The Kier molecular flexibility index (Phi) is 6.43. The summed E-state index contributed by atoms with van der Waals surface area (Å²) in [5.41, 5.74) is 3.49. The van der Waals surface area contributed by atoms with Crippen molar-refractivity contribution in [3.63, 3.8) is 0 Å². The molecule has 3 aliphatic rings. The molecule has 0 N–H and O–H groups in total. The Morgan fingerprint density at radius 1 is 0.964 bits per heavy atom. The molecule has 0 radical (unpaired) electrons. The molecule has 2 aliphatic heterocycles. The van der Waals surface area contributed by atoms with E-state index in [1.165, 1.54) is 30.4 Å². The van der Waals surface area contributed by atoms with Crippen molar-refractivity contribution in [2.45, 2.75) is 57.5 Å². The summed E-state index contributed by atoms with van der Waals surface area (Å²) in [6.45, 7) is 5.21. The van der Waals surface area contributed by atoms with Crippen molar-refractivity contribution in [3.05, 3.63) is 34.9 Å². The number of ether oxygens (including phenoxy) is 1. The Bertz CT molecular complexity index is 704. The number of carbonyl (C=O) groups excluding carboxylic acids is 2. The zero-order valence-electron chi connectivity index (χ0n) is 16.8. The average Bonchev–Trinajstić information content (AvgIpc) is 3.25. The molecule has 1 aliphatic carbocycles. The van der Waals surface area contributed by atoms with E-state index in [-0.39, 0.29) is 11.7 Å². The van der Waals surface area contributed by atoms with E-state index in [4.69, 9.17) is 4.74 Å². The molecule has 1 amide bonds. The summed E-state index contributed by atoms with van der Waals surface area (Å²) in [5.74, 6) is 0.210. The van der Waals surface area contributed by atoms with Gasteiger partial charge in [-0.1, -0.05) is 12.1 Å². The zero-order valence-corrected chi connectivity index (χ0v) is 16.8. The second kappa shape index (κ2) is 9.19. The number of Topliss-reactive ketones (excluding diaryl/α,β-unsaturated/α-hetero) is 1. The highest BCUT2D eigenvalue weighted by atomic mass is 16.5. The normalized spacial score (nSPS) is 22.9. The molecule has 1 aromatic rings. The average molecular weight is 385 g/mol. The topological polar surface area (TPSA) is 49.9 Å². The van der Waals surface area contributed by atoms with Gasteiger partial charge in [0.05, 0.1) is 6.10 Å². The fourth-order valence-electron chi connectivity index (χ4n) is 4.69. The molecular formula is C23H32N2O3. The van der Waals surface area contributed by atoms with Crippen molar-refractivity contribution in [1.29, 1.82) is 0 Å². The van der Waals surface area contributed by atoms with Crippen molar-refractivity contribution in [1.82, 2.24) is 9.80 Å². The highest BCUT2D eigenvalue weighted by Gasteiger charge is 2.25. The third-order valence-electron chi connectivity index (χ3n) is 6.45. The van der Waals surface area contributed by atoms with Crippen LogP contribution in [0.4, 0.5) is 0 Å². The molecule has 5 heteroatoms. The van der Waals surface area contributed by atoms with Crippen LogP contribution in [0.2, 0.25) is 0 Å². The number of aryl methyl sites for hydroxylation is 2. The van der Waals surface area contributed by atoms with Gasteiger partial charge in [0.2, 0.25) is 5.91 Å². The summed E-state index contributed by atoms with van der Waals surface area (Å²) in [4.78, 5) is 29.4. The van der Waals surface area contributed by atoms with Crippen molar-refractivity contribution < 1.29 is 14.3 Å².